The highest BCUT2D eigenvalue weighted by atomic mass is 32.2. The third kappa shape index (κ3) is 3.78. The smallest absolute Gasteiger partial charge is 0.243 e. The van der Waals surface area contributed by atoms with Crippen LogP contribution in [0.15, 0.2) is 23.1 Å². The maximum absolute atomic E-state index is 13.3. The summed E-state index contributed by atoms with van der Waals surface area (Å²) in [6, 6.07) is 5.15. The number of benzene rings is 1. The highest BCUT2D eigenvalue weighted by Gasteiger charge is 2.46. The van der Waals surface area contributed by atoms with E-state index in [1.807, 2.05) is 4.90 Å². The highest BCUT2D eigenvalue weighted by molar-refractivity contribution is 7.89. The Kier molecular flexibility index (Phi) is 5.89. The molecule has 0 aromatic heterocycles. The van der Waals surface area contributed by atoms with E-state index in [4.69, 9.17) is 0 Å². The molecular formula is C23H33N3O4S. The summed E-state index contributed by atoms with van der Waals surface area (Å²) < 4.78 is 27.6. The van der Waals surface area contributed by atoms with Crippen molar-refractivity contribution in [1.82, 2.24) is 9.21 Å². The predicted octanol–water partition coefficient (Wildman–Crippen LogP) is 2.89. The van der Waals surface area contributed by atoms with Crippen molar-refractivity contribution in [3.05, 3.63) is 23.8 Å². The third-order valence-corrected chi connectivity index (χ3v) is 9.02. The van der Waals surface area contributed by atoms with Crippen LogP contribution in [0.4, 0.5) is 5.69 Å². The van der Waals surface area contributed by atoms with Crippen molar-refractivity contribution in [2.24, 2.45) is 0 Å². The second kappa shape index (κ2) is 8.20. The van der Waals surface area contributed by atoms with Gasteiger partial charge in [0, 0.05) is 31.4 Å². The van der Waals surface area contributed by atoms with Crippen LogP contribution >= 0.6 is 0 Å². The summed E-state index contributed by atoms with van der Waals surface area (Å²) in [6.45, 7) is 7.53. The zero-order valence-electron chi connectivity index (χ0n) is 18.8. The first-order valence-electron chi connectivity index (χ1n) is 11.4. The summed E-state index contributed by atoms with van der Waals surface area (Å²) in [7, 11) is -3.57. The van der Waals surface area contributed by atoms with Crippen molar-refractivity contribution in [2.75, 3.05) is 31.1 Å². The van der Waals surface area contributed by atoms with Crippen molar-refractivity contribution in [2.45, 2.75) is 75.6 Å². The topological polar surface area (TPSA) is 78.0 Å². The maximum Gasteiger partial charge on any atom is 0.243 e. The average molecular weight is 448 g/mol. The van der Waals surface area contributed by atoms with Gasteiger partial charge in [0.05, 0.1) is 10.3 Å². The molecule has 170 valence electrons. The van der Waals surface area contributed by atoms with Crippen molar-refractivity contribution < 1.29 is 18.0 Å². The fraction of sp³-hybridized carbons (Fsp3) is 0.652. The van der Waals surface area contributed by atoms with E-state index in [-0.39, 0.29) is 29.3 Å². The number of nitrogens with zero attached hydrogens (tertiary/aromatic N) is 3. The quantitative estimate of drug-likeness (QED) is 0.695. The zero-order chi connectivity index (χ0) is 22.4. The minimum absolute atomic E-state index is 0.00395. The van der Waals surface area contributed by atoms with Gasteiger partial charge in [-0.2, -0.15) is 4.31 Å². The van der Waals surface area contributed by atoms with Gasteiger partial charge in [-0.15, -0.1) is 0 Å². The summed E-state index contributed by atoms with van der Waals surface area (Å²) in [6.07, 6.45) is 5.80. The Bertz CT molecular complexity index is 983. The molecule has 2 fully saturated rings. The molecule has 0 aliphatic carbocycles. The van der Waals surface area contributed by atoms with E-state index < -0.39 is 15.4 Å². The standard InChI is InChI=1S/C23H33N3O4S/c1-4-17-9-5-6-14-25(17)21(27)16-26-20-11-10-18(15-19(20)23(2,3)22(26)28)31(29,30)24-12-7-8-13-24/h10-11,15,17H,4-9,12-14,16H2,1-3H3/t17-/m0/s1. The second-order valence-corrected chi connectivity index (χ2v) is 11.4. The minimum atomic E-state index is -3.57. The summed E-state index contributed by atoms with van der Waals surface area (Å²) in [5.74, 6) is -0.186. The molecule has 31 heavy (non-hydrogen) atoms. The number of hydrogen-bond acceptors (Lipinski definition) is 4. The largest absolute Gasteiger partial charge is 0.338 e. The van der Waals surface area contributed by atoms with Crippen molar-refractivity contribution in [3.63, 3.8) is 0 Å². The summed E-state index contributed by atoms with van der Waals surface area (Å²) in [5.41, 5.74) is 0.447. The fourth-order valence-corrected chi connectivity index (χ4v) is 6.73. The van der Waals surface area contributed by atoms with Crippen LogP contribution in [0.5, 0.6) is 0 Å². The number of fused-ring (bicyclic) bond motifs is 1. The summed E-state index contributed by atoms with van der Waals surface area (Å²) in [5, 5.41) is 0. The molecule has 3 aliphatic heterocycles. The van der Waals surface area contributed by atoms with Crippen LogP contribution in [-0.4, -0.2) is 61.7 Å². The highest BCUT2D eigenvalue weighted by Crippen LogP contribution is 2.43. The van der Waals surface area contributed by atoms with Gasteiger partial charge >= 0.3 is 0 Å². The van der Waals surface area contributed by atoms with Gasteiger partial charge in [-0.1, -0.05) is 6.92 Å². The predicted molar refractivity (Wildman–Crippen MR) is 119 cm³/mol. The Labute approximate surface area is 185 Å². The number of sulfonamides is 1. The number of carbonyl (C=O) groups is 2. The SMILES string of the molecule is CC[C@H]1CCCCN1C(=O)CN1C(=O)C(C)(C)c2cc(S(=O)(=O)N3CCCC3)ccc21. The van der Waals surface area contributed by atoms with Crippen LogP contribution in [-0.2, 0) is 25.0 Å². The summed E-state index contributed by atoms with van der Waals surface area (Å²) in [4.78, 5) is 30.1. The number of piperidine rings is 1. The Morgan fingerprint density at radius 1 is 1.10 bits per heavy atom. The third-order valence-electron chi connectivity index (χ3n) is 7.13. The normalized spacial score (nSPS) is 24.0. The monoisotopic (exact) mass is 447 g/mol. The molecule has 0 spiro atoms. The van der Waals surface area contributed by atoms with Gasteiger partial charge in [0.2, 0.25) is 21.8 Å². The van der Waals surface area contributed by atoms with Gasteiger partial charge in [-0.25, -0.2) is 8.42 Å². The van der Waals surface area contributed by atoms with Gasteiger partial charge < -0.3 is 9.80 Å². The molecular weight excluding hydrogens is 414 g/mol. The van der Waals surface area contributed by atoms with Crippen LogP contribution in [0.1, 0.15) is 64.9 Å². The molecule has 1 aromatic carbocycles. The number of anilines is 1. The first-order chi connectivity index (χ1) is 14.7. The fourth-order valence-electron chi connectivity index (χ4n) is 5.19. The molecule has 0 radical (unpaired) electrons. The zero-order valence-corrected chi connectivity index (χ0v) is 19.6. The first kappa shape index (κ1) is 22.3. The number of likely N-dealkylation sites (tertiary alicyclic amines) is 1. The number of carbonyl (C=O) groups excluding carboxylic acids is 2. The molecule has 2 saturated heterocycles. The van der Waals surface area contributed by atoms with E-state index in [0.717, 1.165) is 45.1 Å². The average Bonchev–Trinajstić information content (AvgIpc) is 3.37. The van der Waals surface area contributed by atoms with Gasteiger partial charge in [-0.05, 0) is 76.1 Å². The Morgan fingerprint density at radius 2 is 1.77 bits per heavy atom. The minimum Gasteiger partial charge on any atom is -0.338 e. The van der Waals surface area contributed by atoms with E-state index in [0.29, 0.717) is 24.3 Å². The molecule has 0 bridgehead atoms. The molecule has 4 rings (SSSR count). The van der Waals surface area contributed by atoms with Crippen molar-refractivity contribution >= 4 is 27.5 Å². The lowest BCUT2D eigenvalue weighted by atomic mass is 9.86. The van der Waals surface area contributed by atoms with E-state index >= 15 is 0 Å². The van der Waals surface area contributed by atoms with E-state index in [1.54, 1.807) is 36.9 Å². The Morgan fingerprint density at radius 3 is 2.45 bits per heavy atom. The number of amides is 2. The van der Waals surface area contributed by atoms with E-state index in [9.17, 15) is 18.0 Å². The molecule has 3 aliphatic rings. The molecule has 0 N–H and O–H groups in total. The second-order valence-electron chi connectivity index (χ2n) is 9.45. The van der Waals surface area contributed by atoms with Crippen LogP contribution in [0.25, 0.3) is 0 Å². The van der Waals surface area contributed by atoms with Gasteiger partial charge in [0.15, 0.2) is 0 Å². The summed E-state index contributed by atoms with van der Waals surface area (Å²) >= 11 is 0. The van der Waals surface area contributed by atoms with Gasteiger partial charge in [0.25, 0.3) is 0 Å². The molecule has 1 aromatic rings. The Hall–Kier alpha value is -1.93. The van der Waals surface area contributed by atoms with Crippen LogP contribution < -0.4 is 4.90 Å². The lowest BCUT2D eigenvalue weighted by Gasteiger charge is -2.36. The molecule has 0 saturated carbocycles. The molecule has 2 amide bonds. The van der Waals surface area contributed by atoms with Crippen LogP contribution in [0.3, 0.4) is 0 Å². The molecule has 1 atom stereocenters. The lowest BCUT2D eigenvalue weighted by molar-refractivity contribution is -0.135. The van der Waals surface area contributed by atoms with Gasteiger partial charge in [0.1, 0.15) is 6.54 Å². The molecule has 3 heterocycles. The Balaban J connectivity index is 1.63. The first-order valence-corrected chi connectivity index (χ1v) is 12.9. The van der Waals surface area contributed by atoms with Crippen LogP contribution in [0.2, 0.25) is 0 Å². The lowest BCUT2D eigenvalue weighted by Crippen LogP contribution is -2.49. The maximum atomic E-state index is 13.3. The molecule has 0 unspecified atom stereocenters. The molecule has 7 nitrogen and oxygen atoms in total. The van der Waals surface area contributed by atoms with Crippen LogP contribution in [0, 0.1) is 0 Å². The van der Waals surface area contributed by atoms with E-state index in [1.165, 1.54) is 4.31 Å². The van der Waals surface area contributed by atoms with Gasteiger partial charge in [-0.3, -0.25) is 9.59 Å². The van der Waals surface area contributed by atoms with Crippen molar-refractivity contribution in [3.8, 4) is 0 Å². The molecule has 8 heteroatoms. The number of hydrogen-bond donors (Lipinski definition) is 0. The van der Waals surface area contributed by atoms with Crippen molar-refractivity contribution in [1.29, 1.82) is 0 Å². The number of rotatable bonds is 5. The van der Waals surface area contributed by atoms with E-state index in [2.05, 4.69) is 6.92 Å².